The molecule has 1 unspecified atom stereocenters. The Morgan fingerprint density at radius 3 is 2.77 bits per heavy atom. The van der Waals surface area contributed by atoms with Crippen molar-refractivity contribution in [2.24, 2.45) is 5.73 Å². The molecule has 0 saturated heterocycles. The van der Waals surface area contributed by atoms with E-state index in [4.69, 9.17) is 22.4 Å². The molecule has 1 atom stereocenters. The van der Waals surface area contributed by atoms with Gasteiger partial charge in [-0.3, -0.25) is 0 Å². The lowest BCUT2D eigenvalue weighted by Gasteiger charge is -2.22. The van der Waals surface area contributed by atoms with E-state index in [-0.39, 0.29) is 6.61 Å². The average molecular weight is 201 g/mol. The van der Waals surface area contributed by atoms with Crippen molar-refractivity contribution < 1.29 is 5.11 Å². The first-order valence-electron chi connectivity index (χ1n) is 4.00. The summed E-state index contributed by atoms with van der Waals surface area (Å²) in [7, 11) is 0. The molecular formula is C9H13ClN2O. The van der Waals surface area contributed by atoms with Crippen molar-refractivity contribution in [3.8, 4) is 0 Å². The van der Waals surface area contributed by atoms with E-state index in [9.17, 15) is 0 Å². The molecule has 0 bridgehead atoms. The van der Waals surface area contributed by atoms with E-state index in [2.05, 4.69) is 4.98 Å². The van der Waals surface area contributed by atoms with Gasteiger partial charge >= 0.3 is 0 Å². The van der Waals surface area contributed by atoms with Gasteiger partial charge in [-0.05, 0) is 31.0 Å². The van der Waals surface area contributed by atoms with Crippen LogP contribution in [0, 0.1) is 6.92 Å². The van der Waals surface area contributed by atoms with Gasteiger partial charge in [0, 0.05) is 6.20 Å². The lowest BCUT2D eigenvalue weighted by molar-refractivity contribution is 0.209. The van der Waals surface area contributed by atoms with Gasteiger partial charge in [0.15, 0.2) is 0 Å². The summed E-state index contributed by atoms with van der Waals surface area (Å²) in [5.41, 5.74) is 6.73. The molecule has 1 heterocycles. The number of aromatic nitrogens is 1. The molecule has 72 valence electrons. The molecule has 0 fully saturated rings. The van der Waals surface area contributed by atoms with Crippen LogP contribution in [0.25, 0.3) is 0 Å². The highest BCUT2D eigenvalue weighted by molar-refractivity contribution is 6.30. The van der Waals surface area contributed by atoms with Crippen molar-refractivity contribution in [3.63, 3.8) is 0 Å². The van der Waals surface area contributed by atoms with Crippen LogP contribution >= 0.6 is 11.6 Å². The van der Waals surface area contributed by atoms with Gasteiger partial charge in [0.25, 0.3) is 0 Å². The number of aliphatic hydroxyl groups excluding tert-OH is 1. The molecule has 0 radical (unpaired) electrons. The minimum Gasteiger partial charge on any atom is -0.394 e. The van der Waals surface area contributed by atoms with Gasteiger partial charge in [0.05, 0.1) is 12.1 Å². The monoisotopic (exact) mass is 200 g/mol. The molecule has 1 aromatic heterocycles. The summed E-state index contributed by atoms with van der Waals surface area (Å²) < 4.78 is 0. The average Bonchev–Trinajstić information content (AvgIpc) is 2.09. The van der Waals surface area contributed by atoms with Gasteiger partial charge < -0.3 is 10.8 Å². The second-order valence-electron chi connectivity index (χ2n) is 3.41. The molecule has 0 aliphatic rings. The van der Waals surface area contributed by atoms with Gasteiger partial charge in [-0.2, -0.15) is 0 Å². The van der Waals surface area contributed by atoms with Crippen molar-refractivity contribution in [2.75, 3.05) is 6.61 Å². The number of aliphatic hydroxyl groups is 1. The highest BCUT2D eigenvalue weighted by Gasteiger charge is 2.20. The first-order valence-corrected chi connectivity index (χ1v) is 4.37. The summed E-state index contributed by atoms with van der Waals surface area (Å²) >= 11 is 5.76. The maximum atomic E-state index is 9.02. The summed E-state index contributed by atoms with van der Waals surface area (Å²) in [6, 6.07) is 1.84. The SMILES string of the molecule is Cc1cc(C(C)(N)CO)cnc1Cl. The van der Waals surface area contributed by atoms with Crippen LogP contribution in [-0.2, 0) is 5.54 Å². The number of hydrogen-bond acceptors (Lipinski definition) is 3. The van der Waals surface area contributed by atoms with E-state index >= 15 is 0 Å². The number of nitrogens with zero attached hydrogens (tertiary/aromatic N) is 1. The highest BCUT2D eigenvalue weighted by atomic mass is 35.5. The third-order valence-corrected chi connectivity index (χ3v) is 2.40. The zero-order chi connectivity index (χ0) is 10.1. The van der Waals surface area contributed by atoms with Crippen LogP contribution in [0.5, 0.6) is 0 Å². The first-order chi connectivity index (χ1) is 5.97. The highest BCUT2D eigenvalue weighted by Crippen LogP contribution is 2.20. The fraction of sp³-hybridized carbons (Fsp3) is 0.444. The van der Waals surface area contributed by atoms with Crippen molar-refractivity contribution in [1.29, 1.82) is 0 Å². The first kappa shape index (κ1) is 10.4. The van der Waals surface area contributed by atoms with Crippen LogP contribution in [0.2, 0.25) is 5.15 Å². The molecular weight excluding hydrogens is 188 g/mol. The van der Waals surface area contributed by atoms with Gasteiger partial charge in [0.2, 0.25) is 0 Å². The number of hydrogen-bond donors (Lipinski definition) is 2. The molecule has 0 aliphatic heterocycles. The number of aryl methyl sites for hydroxylation is 1. The Labute approximate surface area is 82.5 Å². The maximum Gasteiger partial charge on any atom is 0.131 e. The van der Waals surface area contributed by atoms with E-state index in [0.717, 1.165) is 11.1 Å². The largest absolute Gasteiger partial charge is 0.394 e. The van der Waals surface area contributed by atoms with Crippen molar-refractivity contribution in [3.05, 3.63) is 28.5 Å². The summed E-state index contributed by atoms with van der Waals surface area (Å²) in [4.78, 5) is 3.97. The molecule has 0 aliphatic carbocycles. The Balaban J connectivity index is 3.10. The Kier molecular flexibility index (Phi) is 2.91. The van der Waals surface area contributed by atoms with Gasteiger partial charge in [0.1, 0.15) is 5.15 Å². The molecule has 13 heavy (non-hydrogen) atoms. The van der Waals surface area contributed by atoms with Crippen LogP contribution in [0.15, 0.2) is 12.3 Å². The van der Waals surface area contributed by atoms with Gasteiger partial charge in [-0.25, -0.2) is 4.98 Å². The Morgan fingerprint density at radius 2 is 2.31 bits per heavy atom. The molecule has 0 saturated carbocycles. The summed E-state index contributed by atoms with van der Waals surface area (Å²) in [5, 5.41) is 9.49. The smallest absolute Gasteiger partial charge is 0.131 e. The number of pyridine rings is 1. The van der Waals surface area contributed by atoms with Crippen molar-refractivity contribution in [1.82, 2.24) is 4.98 Å². The van der Waals surface area contributed by atoms with E-state index in [1.807, 2.05) is 13.0 Å². The summed E-state index contributed by atoms with van der Waals surface area (Å²) in [6.45, 7) is 3.49. The summed E-state index contributed by atoms with van der Waals surface area (Å²) in [5.74, 6) is 0. The predicted octanol–water partition coefficient (Wildman–Crippen LogP) is 1.21. The molecule has 0 aromatic carbocycles. The van der Waals surface area contributed by atoms with E-state index in [0.29, 0.717) is 5.15 Å². The fourth-order valence-corrected chi connectivity index (χ4v) is 1.07. The molecule has 1 aromatic rings. The lowest BCUT2D eigenvalue weighted by Crippen LogP contribution is -2.37. The molecule has 3 N–H and O–H groups in total. The number of nitrogens with two attached hydrogens (primary N) is 1. The van der Waals surface area contributed by atoms with E-state index < -0.39 is 5.54 Å². The summed E-state index contributed by atoms with van der Waals surface area (Å²) in [6.07, 6.45) is 1.59. The molecule has 1 rings (SSSR count). The third kappa shape index (κ3) is 2.18. The molecule has 0 spiro atoms. The van der Waals surface area contributed by atoms with Crippen LogP contribution < -0.4 is 5.73 Å². The quantitative estimate of drug-likeness (QED) is 0.706. The molecule has 3 nitrogen and oxygen atoms in total. The van der Waals surface area contributed by atoms with Crippen molar-refractivity contribution in [2.45, 2.75) is 19.4 Å². The minimum absolute atomic E-state index is 0.115. The molecule has 4 heteroatoms. The fourth-order valence-electron chi connectivity index (χ4n) is 0.962. The Morgan fingerprint density at radius 1 is 1.69 bits per heavy atom. The van der Waals surface area contributed by atoms with Gasteiger partial charge in [-0.1, -0.05) is 11.6 Å². The van der Waals surface area contributed by atoms with Crippen molar-refractivity contribution >= 4 is 11.6 Å². The zero-order valence-corrected chi connectivity index (χ0v) is 8.47. The minimum atomic E-state index is -0.748. The number of rotatable bonds is 2. The lowest BCUT2D eigenvalue weighted by atomic mass is 9.95. The van der Waals surface area contributed by atoms with E-state index in [1.165, 1.54) is 0 Å². The van der Waals surface area contributed by atoms with Crippen LogP contribution in [0.4, 0.5) is 0 Å². The topological polar surface area (TPSA) is 59.1 Å². The maximum absolute atomic E-state index is 9.02. The molecule has 0 amide bonds. The second-order valence-corrected chi connectivity index (χ2v) is 3.77. The normalized spacial score (nSPS) is 15.5. The van der Waals surface area contributed by atoms with Crippen LogP contribution in [-0.4, -0.2) is 16.7 Å². The van der Waals surface area contributed by atoms with Crippen LogP contribution in [0.3, 0.4) is 0 Å². The zero-order valence-electron chi connectivity index (χ0n) is 7.71. The Hall–Kier alpha value is -0.640. The predicted molar refractivity (Wildman–Crippen MR) is 52.6 cm³/mol. The van der Waals surface area contributed by atoms with Gasteiger partial charge in [-0.15, -0.1) is 0 Å². The van der Waals surface area contributed by atoms with Crippen LogP contribution in [0.1, 0.15) is 18.1 Å². The third-order valence-electron chi connectivity index (χ3n) is 2.00. The standard InChI is InChI=1S/C9H13ClN2O/c1-6-3-7(4-12-8(6)10)9(2,11)5-13/h3-4,13H,5,11H2,1-2H3. The van der Waals surface area contributed by atoms with E-state index in [1.54, 1.807) is 13.1 Å². The Bertz CT molecular complexity index is 312. The second kappa shape index (κ2) is 3.62. The number of halogens is 1.